The Bertz CT molecular complexity index is 281. The molecule has 19 heavy (non-hydrogen) atoms. The highest BCUT2D eigenvalue weighted by Gasteiger charge is 2.38. The molecule has 1 rings (SSSR count). The lowest BCUT2D eigenvalue weighted by atomic mass is 9.74. The van der Waals surface area contributed by atoms with Gasteiger partial charge < -0.3 is 4.74 Å². The molecule has 0 aliphatic heterocycles. The number of hydrogen-bond donors (Lipinski definition) is 0. The van der Waals surface area contributed by atoms with E-state index >= 15 is 0 Å². The number of ether oxygens (including phenoxy) is 1. The van der Waals surface area contributed by atoms with E-state index in [4.69, 9.17) is 4.74 Å². The Hall–Kier alpha value is -0.530. The smallest absolute Gasteiger partial charge is 0.312 e. The predicted molar refractivity (Wildman–Crippen MR) is 80.0 cm³/mol. The van der Waals surface area contributed by atoms with Gasteiger partial charge in [-0.25, -0.2) is 0 Å². The lowest BCUT2D eigenvalue weighted by Crippen LogP contribution is -2.39. The topological polar surface area (TPSA) is 26.3 Å². The van der Waals surface area contributed by atoms with E-state index in [1.807, 2.05) is 6.92 Å². The van der Waals surface area contributed by atoms with Crippen LogP contribution >= 0.6 is 0 Å². The Kier molecular flexibility index (Phi) is 6.35. The SMILES string of the molecule is CCC1CCCC(OC(=O)C(C)(CC)CC)C1CC. The maximum absolute atomic E-state index is 12.4. The first-order chi connectivity index (χ1) is 9.02. The Morgan fingerprint density at radius 2 is 1.74 bits per heavy atom. The van der Waals surface area contributed by atoms with E-state index in [2.05, 4.69) is 27.7 Å². The van der Waals surface area contributed by atoms with Gasteiger partial charge in [-0.2, -0.15) is 0 Å². The second-order valence-electron chi connectivity index (χ2n) is 6.38. The van der Waals surface area contributed by atoms with Crippen molar-refractivity contribution in [1.82, 2.24) is 0 Å². The molecule has 0 spiro atoms. The molecule has 0 N–H and O–H groups in total. The zero-order chi connectivity index (χ0) is 14.5. The van der Waals surface area contributed by atoms with Gasteiger partial charge in [0.15, 0.2) is 0 Å². The molecule has 1 saturated carbocycles. The molecule has 2 heteroatoms. The Morgan fingerprint density at radius 1 is 1.11 bits per heavy atom. The van der Waals surface area contributed by atoms with Crippen LogP contribution in [0.2, 0.25) is 0 Å². The third-order valence-electron chi connectivity index (χ3n) is 5.45. The van der Waals surface area contributed by atoms with Crippen molar-refractivity contribution in [2.75, 3.05) is 0 Å². The first-order valence-corrected chi connectivity index (χ1v) is 8.23. The minimum Gasteiger partial charge on any atom is -0.462 e. The van der Waals surface area contributed by atoms with Crippen molar-refractivity contribution in [3.63, 3.8) is 0 Å². The van der Waals surface area contributed by atoms with Crippen molar-refractivity contribution in [1.29, 1.82) is 0 Å². The van der Waals surface area contributed by atoms with Gasteiger partial charge in [0, 0.05) is 0 Å². The van der Waals surface area contributed by atoms with Crippen LogP contribution in [0, 0.1) is 17.3 Å². The molecule has 0 heterocycles. The van der Waals surface area contributed by atoms with Crippen LogP contribution in [0.5, 0.6) is 0 Å². The summed E-state index contributed by atoms with van der Waals surface area (Å²) in [6.07, 6.45) is 7.81. The molecule has 0 aromatic rings. The van der Waals surface area contributed by atoms with E-state index in [1.165, 1.54) is 19.3 Å². The summed E-state index contributed by atoms with van der Waals surface area (Å²) in [6, 6.07) is 0. The van der Waals surface area contributed by atoms with Crippen LogP contribution in [0.4, 0.5) is 0 Å². The fraction of sp³-hybridized carbons (Fsp3) is 0.941. The van der Waals surface area contributed by atoms with Crippen LogP contribution in [0.15, 0.2) is 0 Å². The highest BCUT2D eigenvalue weighted by atomic mass is 16.5. The molecule has 3 unspecified atom stereocenters. The molecule has 0 aromatic carbocycles. The van der Waals surface area contributed by atoms with Gasteiger partial charge in [-0.3, -0.25) is 4.79 Å². The minimum absolute atomic E-state index is 0.0257. The number of hydrogen-bond acceptors (Lipinski definition) is 2. The first-order valence-electron chi connectivity index (χ1n) is 8.23. The summed E-state index contributed by atoms with van der Waals surface area (Å²) in [5, 5.41) is 0. The van der Waals surface area contributed by atoms with E-state index < -0.39 is 0 Å². The number of esters is 1. The van der Waals surface area contributed by atoms with Crippen molar-refractivity contribution in [2.45, 2.75) is 85.7 Å². The number of carbonyl (C=O) groups is 1. The van der Waals surface area contributed by atoms with Gasteiger partial charge >= 0.3 is 5.97 Å². The lowest BCUT2D eigenvalue weighted by molar-refractivity contribution is -0.167. The standard InChI is InChI=1S/C17H32O2/c1-6-13-11-10-12-15(14(13)7-2)19-16(18)17(5,8-3)9-4/h13-15H,6-12H2,1-5H3. The molecule has 0 aromatic heterocycles. The normalized spacial score (nSPS) is 28.2. The summed E-state index contributed by atoms with van der Waals surface area (Å²) in [7, 11) is 0. The van der Waals surface area contributed by atoms with Crippen LogP contribution in [0.25, 0.3) is 0 Å². The second-order valence-corrected chi connectivity index (χ2v) is 6.38. The molecule has 2 nitrogen and oxygen atoms in total. The molecule has 0 radical (unpaired) electrons. The molecular weight excluding hydrogens is 236 g/mol. The Labute approximate surface area is 119 Å². The van der Waals surface area contributed by atoms with Gasteiger partial charge in [0.25, 0.3) is 0 Å². The molecule has 0 saturated heterocycles. The lowest BCUT2D eigenvalue weighted by Gasteiger charge is -2.38. The monoisotopic (exact) mass is 268 g/mol. The zero-order valence-electron chi connectivity index (χ0n) is 13.5. The van der Waals surface area contributed by atoms with Crippen LogP contribution in [0.1, 0.15) is 79.6 Å². The highest BCUT2D eigenvalue weighted by Crippen LogP contribution is 2.38. The first kappa shape index (κ1) is 16.5. The molecule has 112 valence electrons. The van der Waals surface area contributed by atoms with Crippen molar-refractivity contribution in [3.05, 3.63) is 0 Å². The maximum atomic E-state index is 12.4. The summed E-state index contributed by atoms with van der Waals surface area (Å²) < 4.78 is 5.93. The van der Waals surface area contributed by atoms with E-state index in [-0.39, 0.29) is 17.5 Å². The van der Waals surface area contributed by atoms with E-state index in [9.17, 15) is 4.79 Å². The zero-order valence-corrected chi connectivity index (χ0v) is 13.5. The molecule has 1 aliphatic carbocycles. The molecule has 1 aliphatic rings. The van der Waals surface area contributed by atoms with Crippen LogP contribution < -0.4 is 0 Å². The molecule has 1 fully saturated rings. The van der Waals surface area contributed by atoms with Gasteiger partial charge in [-0.1, -0.05) is 34.1 Å². The summed E-state index contributed by atoms with van der Waals surface area (Å²) in [5.74, 6) is 1.34. The fourth-order valence-corrected chi connectivity index (χ4v) is 3.38. The average molecular weight is 268 g/mol. The summed E-state index contributed by atoms with van der Waals surface area (Å²) in [4.78, 5) is 12.4. The van der Waals surface area contributed by atoms with Gasteiger partial charge in [-0.05, 0) is 57.3 Å². The highest BCUT2D eigenvalue weighted by molar-refractivity contribution is 5.76. The average Bonchev–Trinajstić information content (AvgIpc) is 2.45. The third-order valence-corrected chi connectivity index (χ3v) is 5.45. The van der Waals surface area contributed by atoms with Crippen molar-refractivity contribution < 1.29 is 9.53 Å². The van der Waals surface area contributed by atoms with Gasteiger partial charge in [0.05, 0.1) is 5.41 Å². The Balaban J connectivity index is 2.71. The largest absolute Gasteiger partial charge is 0.462 e. The van der Waals surface area contributed by atoms with Crippen molar-refractivity contribution in [3.8, 4) is 0 Å². The van der Waals surface area contributed by atoms with Crippen molar-refractivity contribution in [2.24, 2.45) is 17.3 Å². The molecule has 0 amide bonds. The van der Waals surface area contributed by atoms with Crippen LogP contribution in [-0.4, -0.2) is 12.1 Å². The fourth-order valence-electron chi connectivity index (χ4n) is 3.38. The van der Waals surface area contributed by atoms with E-state index in [0.717, 1.165) is 31.6 Å². The quantitative estimate of drug-likeness (QED) is 0.636. The Morgan fingerprint density at radius 3 is 2.21 bits per heavy atom. The van der Waals surface area contributed by atoms with Crippen LogP contribution in [0.3, 0.4) is 0 Å². The van der Waals surface area contributed by atoms with Gasteiger partial charge in [0.1, 0.15) is 6.10 Å². The second kappa shape index (κ2) is 7.31. The number of rotatable bonds is 6. The minimum atomic E-state index is -0.294. The van der Waals surface area contributed by atoms with E-state index in [0.29, 0.717) is 5.92 Å². The molecule has 0 bridgehead atoms. The predicted octanol–water partition coefficient (Wildman–Crippen LogP) is 4.96. The van der Waals surface area contributed by atoms with Crippen LogP contribution in [-0.2, 0) is 9.53 Å². The van der Waals surface area contributed by atoms with Gasteiger partial charge in [0.2, 0.25) is 0 Å². The third kappa shape index (κ3) is 3.73. The summed E-state index contributed by atoms with van der Waals surface area (Å²) >= 11 is 0. The summed E-state index contributed by atoms with van der Waals surface area (Å²) in [6.45, 7) is 10.7. The van der Waals surface area contributed by atoms with Gasteiger partial charge in [-0.15, -0.1) is 0 Å². The maximum Gasteiger partial charge on any atom is 0.312 e. The summed E-state index contributed by atoms with van der Waals surface area (Å²) in [5.41, 5.74) is -0.294. The molecule has 3 atom stereocenters. The van der Waals surface area contributed by atoms with Crippen molar-refractivity contribution >= 4 is 5.97 Å². The molecular formula is C17H32O2. The number of carbonyl (C=O) groups excluding carboxylic acids is 1. The van der Waals surface area contributed by atoms with E-state index in [1.54, 1.807) is 0 Å².